The average Bonchev–Trinajstić information content (AvgIpc) is 3.18. The van der Waals surface area contributed by atoms with Crippen molar-refractivity contribution in [2.45, 2.75) is 51.5 Å². The van der Waals surface area contributed by atoms with E-state index in [1.807, 2.05) is 26.8 Å². The van der Waals surface area contributed by atoms with Crippen molar-refractivity contribution in [2.75, 3.05) is 52.4 Å². The lowest BCUT2D eigenvalue weighted by Gasteiger charge is -2.33. The zero-order chi connectivity index (χ0) is 21.9. The van der Waals surface area contributed by atoms with Crippen LogP contribution in [0.25, 0.3) is 0 Å². The Kier molecular flexibility index (Phi) is 7.55. The lowest BCUT2D eigenvalue weighted by Crippen LogP contribution is -2.52. The normalized spacial score (nSPS) is 20.8. The van der Waals surface area contributed by atoms with Crippen LogP contribution in [0.4, 0.5) is 0 Å². The second-order valence-electron chi connectivity index (χ2n) is 8.55. The van der Waals surface area contributed by atoms with Gasteiger partial charge in [0.15, 0.2) is 0 Å². The fourth-order valence-electron chi connectivity index (χ4n) is 4.52. The van der Waals surface area contributed by atoms with Gasteiger partial charge in [-0.2, -0.15) is 4.31 Å². The molecule has 0 spiro atoms. The number of nitrogens with zero attached hydrogens (tertiary/aromatic N) is 3. The number of aryl methyl sites for hydroxylation is 3. The van der Waals surface area contributed by atoms with E-state index in [1.165, 1.54) is 4.31 Å². The predicted molar refractivity (Wildman–Crippen MR) is 119 cm³/mol. The van der Waals surface area contributed by atoms with Gasteiger partial charge in [-0.05, 0) is 69.5 Å². The second kappa shape index (κ2) is 9.77. The molecule has 8 heteroatoms. The Bertz CT molecular complexity index is 865. The molecule has 2 heterocycles. The largest absolute Gasteiger partial charge is 0.339 e. The van der Waals surface area contributed by atoms with Crippen molar-refractivity contribution in [3.63, 3.8) is 0 Å². The van der Waals surface area contributed by atoms with Crippen molar-refractivity contribution in [1.82, 2.24) is 19.4 Å². The minimum absolute atomic E-state index is 0.0945. The van der Waals surface area contributed by atoms with Gasteiger partial charge in [-0.25, -0.2) is 8.42 Å². The Balaban J connectivity index is 1.91. The van der Waals surface area contributed by atoms with Crippen molar-refractivity contribution in [3.8, 4) is 0 Å². The zero-order valence-electron chi connectivity index (χ0n) is 18.8. The Hall–Kier alpha value is -1.48. The molecule has 1 amide bonds. The van der Waals surface area contributed by atoms with Crippen LogP contribution < -0.4 is 5.32 Å². The molecule has 0 bridgehead atoms. The number of sulfonamides is 1. The summed E-state index contributed by atoms with van der Waals surface area (Å²) in [5.41, 5.74) is 2.75. The van der Waals surface area contributed by atoms with E-state index in [1.54, 1.807) is 11.0 Å². The number of likely N-dealkylation sites (N-methyl/N-ethyl adjacent to an activating group) is 1. The van der Waals surface area contributed by atoms with Gasteiger partial charge in [-0.1, -0.05) is 13.0 Å². The van der Waals surface area contributed by atoms with Gasteiger partial charge in [0.05, 0.1) is 11.4 Å². The molecule has 0 saturated carbocycles. The molecule has 2 aliphatic heterocycles. The standard InChI is InChI=1S/C22H36N4O3S/c1-5-24-10-6-7-20(24)15-26(16-22(27)25-11-8-23-9-12-25)30(28,29)21-14-18(3)17(2)13-19(21)4/h13-14,20,23H,5-12,15-16H2,1-4H3. The van der Waals surface area contributed by atoms with Gasteiger partial charge in [0.25, 0.3) is 0 Å². The first-order chi connectivity index (χ1) is 14.2. The highest BCUT2D eigenvalue weighted by Crippen LogP contribution is 2.26. The van der Waals surface area contributed by atoms with Crippen LogP contribution in [0.15, 0.2) is 17.0 Å². The molecule has 1 aromatic carbocycles. The fourth-order valence-corrected chi connectivity index (χ4v) is 6.24. The molecule has 2 fully saturated rings. The van der Waals surface area contributed by atoms with Gasteiger partial charge in [-0.3, -0.25) is 9.69 Å². The van der Waals surface area contributed by atoms with Crippen LogP contribution >= 0.6 is 0 Å². The van der Waals surface area contributed by atoms with Crippen LogP contribution in [0.2, 0.25) is 0 Å². The lowest BCUT2D eigenvalue weighted by molar-refractivity contribution is -0.132. The summed E-state index contributed by atoms with van der Waals surface area (Å²) in [6.07, 6.45) is 2.04. The van der Waals surface area contributed by atoms with Crippen molar-refractivity contribution in [1.29, 1.82) is 0 Å². The zero-order valence-corrected chi connectivity index (χ0v) is 19.6. The summed E-state index contributed by atoms with van der Waals surface area (Å²) in [5, 5.41) is 3.24. The monoisotopic (exact) mass is 436 g/mol. The highest BCUT2D eigenvalue weighted by Gasteiger charge is 2.34. The number of carbonyl (C=O) groups is 1. The van der Waals surface area contributed by atoms with Crippen LogP contribution in [0.3, 0.4) is 0 Å². The van der Waals surface area contributed by atoms with Crippen molar-refractivity contribution >= 4 is 15.9 Å². The molecule has 2 aliphatic rings. The molecule has 168 valence electrons. The molecule has 0 radical (unpaired) electrons. The van der Waals surface area contributed by atoms with Gasteiger partial charge in [0, 0.05) is 38.8 Å². The Morgan fingerprint density at radius 3 is 2.43 bits per heavy atom. The van der Waals surface area contributed by atoms with E-state index < -0.39 is 10.0 Å². The van der Waals surface area contributed by atoms with Crippen molar-refractivity contribution in [3.05, 3.63) is 28.8 Å². The first-order valence-corrected chi connectivity index (χ1v) is 12.5. The number of benzene rings is 1. The third kappa shape index (κ3) is 5.04. The Morgan fingerprint density at radius 1 is 1.10 bits per heavy atom. The van der Waals surface area contributed by atoms with Gasteiger partial charge >= 0.3 is 0 Å². The fraction of sp³-hybridized carbons (Fsp3) is 0.682. The Labute approximate surface area is 181 Å². The highest BCUT2D eigenvalue weighted by atomic mass is 32.2. The van der Waals surface area contributed by atoms with Crippen molar-refractivity contribution < 1.29 is 13.2 Å². The maximum atomic E-state index is 13.7. The number of carbonyl (C=O) groups excluding carboxylic acids is 1. The minimum Gasteiger partial charge on any atom is -0.339 e. The van der Waals surface area contributed by atoms with E-state index in [4.69, 9.17) is 0 Å². The molecular formula is C22H36N4O3S. The highest BCUT2D eigenvalue weighted by molar-refractivity contribution is 7.89. The van der Waals surface area contributed by atoms with E-state index in [-0.39, 0.29) is 18.5 Å². The summed E-state index contributed by atoms with van der Waals surface area (Å²) in [7, 11) is -3.78. The molecule has 3 rings (SSSR count). The summed E-state index contributed by atoms with van der Waals surface area (Å²) in [4.78, 5) is 17.4. The van der Waals surface area contributed by atoms with Gasteiger partial charge in [-0.15, -0.1) is 0 Å². The quantitative estimate of drug-likeness (QED) is 0.702. The number of rotatable bonds is 7. The summed E-state index contributed by atoms with van der Waals surface area (Å²) in [5.74, 6) is -0.109. The van der Waals surface area contributed by atoms with E-state index in [2.05, 4.69) is 17.1 Å². The van der Waals surface area contributed by atoms with Gasteiger partial charge in [0.2, 0.25) is 15.9 Å². The number of hydrogen-bond donors (Lipinski definition) is 1. The number of nitrogens with one attached hydrogen (secondary N) is 1. The molecule has 2 saturated heterocycles. The lowest BCUT2D eigenvalue weighted by atomic mass is 10.1. The van der Waals surface area contributed by atoms with Gasteiger partial charge < -0.3 is 10.2 Å². The first kappa shape index (κ1) is 23.2. The minimum atomic E-state index is -3.78. The molecule has 0 aliphatic carbocycles. The molecule has 1 aromatic rings. The number of hydrogen-bond acceptors (Lipinski definition) is 5. The second-order valence-corrected chi connectivity index (χ2v) is 10.5. The maximum absolute atomic E-state index is 13.7. The summed E-state index contributed by atoms with van der Waals surface area (Å²) < 4.78 is 28.9. The van der Waals surface area contributed by atoms with E-state index in [0.717, 1.165) is 55.7 Å². The third-order valence-corrected chi connectivity index (χ3v) is 8.46. The number of likely N-dealkylation sites (tertiary alicyclic amines) is 1. The van der Waals surface area contributed by atoms with Gasteiger partial charge in [0.1, 0.15) is 0 Å². The van der Waals surface area contributed by atoms with E-state index >= 15 is 0 Å². The molecule has 1 N–H and O–H groups in total. The molecule has 7 nitrogen and oxygen atoms in total. The molecule has 0 aromatic heterocycles. The van der Waals surface area contributed by atoms with Crippen LogP contribution in [-0.4, -0.2) is 86.8 Å². The smallest absolute Gasteiger partial charge is 0.243 e. The molecule has 1 atom stereocenters. The molecule has 1 unspecified atom stereocenters. The molecular weight excluding hydrogens is 400 g/mol. The maximum Gasteiger partial charge on any atom is 0.243 e. The SMILES string of the molecule is CCN1CCCC1CN(CC(=O)N1CCNCC1)S(=O)(=O)c1cc(C)c(C)cc1C. The van der Waals surface area contributed by atoms with E-state index in [0.29, 0.717) is 24.5 Å². The number of piperazine rings is 1. The van der Waals surface area contributed by atoms with Crippen LogP contribution in [0, 0.1) is 20.8 Å². The van der Waals surface area contributed by atoms with Crippen molar-refractivity contribution in [2.24, 2.45) is 0 Å². The third-order valence-electron chi connectivity index (χ3n) is 6.51. The first-order valence-electron chi connectivity index (χ1n) is 11.0. The number of amides is 1. The summed E-state index contributed by atoms with van der Waals surface area (Å²) in [6, 6.07) is 3.84. The average molecular weight is 437 g/mol. The predicted octanol–water partition coefficient (Wildman–Crippen LogP) is 1.52. The van der Waals surface area contributed by atoms with E-state index in [9.17, 15) is 13.2 Å². The van der Waals surface area contributed by atoms with Crippen LogP contribution in [-0.2, 0) is 14.8 Å². The summed E-state index contributed by atoms with van der Waals surface area (Å²) >= 11 is 0. The van der Waals surface area contributed by atoms with Crippen LogP contribution in [0.1, 0.15) is 36.5 Å². The Morgan fingerprint density at radius 2 is 1.77 bits per heavy atom. The summed E-state index contributed by atoms with van der Waals surface area (Å²) in [6.45, 7) is 12.8. The topological polar surface area (TPSA) is 73.0 Å². The van der Waals surface area contributed by atoms with Crippen LogP contribution in [0.5, 0.6) is 0 Å². The molecule has 30 heavy (non-hydrogen) atoms.